The number of oxime groups is 1. The minimum Gasteiger partial charge on any atom is -0.493 e. The van der Waals surface area contributed by atoms with E-state index in [0.29, 0.717) is 11.1 Å². The van der Waals surface area contributed by atoms with E-state index >= 15 is 0 Å². The first-order valence-electron chi connectivity index (χ1n) is 7.24. The molecule has 9 heteroatoms. The molecule has 0 bridgehead atoms. The van der Waals surface area contributed by atoms with Gasteiger partial charge in [-0.2, -0.15) is 22.0 Å². The van der Waals surface area contributed by atoms with Gasteiger partial charge in [-0.05, 0) is 35.9 Å². The van der Waals surface area contributed by atoms with Crippen LogP contribution in [0.2, 0.25) is 0 Å². The number of nitrogens with zero attached hydrogens (tertiary/aromatic N) is 1. The van der Waals surface area contributed by atoms with E-state index in [9.17, 15) is 22.0 Å². The highest BCUT2D eigenvalue weighted by Crippen LogP contribution is 2.30. The Morgan fingerprint density at radius 3 is 2.50 bits per heavy atom. The van der Waals surface area contributed by atoms with Gasteiger partial charge < -0.3 is 14.3 Å². The first-order chi connectivity index (χ1) is 12.3. The van der Waals surface area contributed by atoms with Crippen LogP contribution in [0.4, 0.5) is 22.0 Å². The monoisotopic (exact) mass is 375 g/mol. The van der Waals surface area contributed by atoms with Gasteiger partial charge in [0.25, 0.3) is 0 Å². The Hall–Kier alpha value is -2.84. The molecule has 4 nitrogen and oxygen atoms in total. The third kappa shape index (κ3) is 5.61. The van der Waals surface area contributed by atoms with Crippen LogP contribution in [0.3, 0.4) is 0 Å². The van der Waals surface area contributed by atoms with Crippen LogP contribution < -0.4 is 9.47 Å². The van der Waals surface area contributed by atoms with Crippen LogP contribution in [-0.4, -0.2) is 19.9 Å². The Labute approximate surface area is 145 Å². The van der Waals surface area contributed by atoms with E-state index < -0.39 is 18.4 Å². The number of halogens is 5. The molecule has 0 heterocycles. The quantitative estimate of drug-likeness (QED) is 0.394. The van der Waals surface area contributed by atoms with Crippen molar-refractivity contribution in [2.75, 3.05) is 7.11 Å². The highest BCUT2D eigenvalue weighted by Gasteiger charge is 2.30. The summed E-state index contributed by atoms with van der Waals surface area (Å²) in [4.78, 5) is 4.97. The first-order valence-corrected chi connectivity index (χ1v) is 7.24. The van der Waals surface area contributed by atoms with Gasteiger partial charge in [-0.15, -0.1) is 0 Å². The zero-order valence-corrected chi connectivity index (χ0v) is 13.5. The van der Waals surface area contributed by atoms with Gasteiger partial charge in [-0.1, -0.05) is 17.3 Å². The Bertz CT molecular complexity index is 762. The minimum absolute atomic E-state index is 0.0760. The summed E-state index contributed by atoms with van der Waals surface area (Å²) in [6.07, 6.45) is -3.17. The van der Waals surface area contributed by atoms with Crippen molar-refractivity contribution >= 4 is 6.21 Å². The maximum atomic E-state index is 12.6. The Balaban J connectivity index is 1.98. The summed E-state index contributed by atoms with van der Waals surface area (Å²) < 4.78 is 71.6. The standard InChI is InChI=1S/C17H14F5NO3/c1-24-15-8-11(5-6-14(15)26-16(18)19)9-23-25-10-12-3-2-4-13(7-12)17(20,21)22/h2-9,16H,10H2,1H3. The smallest absolute Gasteiger partial charge is 0.416 e. The predicted molar refractivity (Wildman–Crippen MR) is 83.5 cm³/mol. The van der Waals surface area contributed by atoms with Gasteiger partial charge in [0.2, 0.25) is 0 Å². The lowest BCUT2D eigenvalue weighted by Crippen LogP contribution is -2.05. The van der Waals surface area contributed by atoms with Crippen LogP contribution in [0.1, 0.15) is 16.7 Å². The van der Waals surface area contributed by atoms with Crippen molar-refractivity contribution in [2.45, 2.75) is 19.4 Å². The van der Waals surface area contributed by atoms with E-state index in [1.165, 1.54) is 43.7 Å². The average molecular weight is 375 g/mol. The molecule has 0 saturated heterocycles. The molecule has 0 unspecified atom stereocenters. The highest BCUT2D eigenvalue weighted by molar-refractivity contribution is 5.80. The summed E-state index contributed by atoms with van der Waals surface area (Å²) in [7, 11) is 1.29. The fraction of sp³-hybridized carbons (Fsp3) is 0.235. The minimum atomic E-state index is -4.43. The van der Waals surface area contributed by atoms with Gasteiger partial charge in [-0.3, -0.25) is 0 Å². The summed E-state index contributed by atoms with van der Waals surface area (Å²) in [6, 6.07) is 8.80. The molecule has 0 saturated carbocycles. The second kappa shape index (κ2) is 8.50. The van der Waals surface area contributed by atoms with Crippen molar-refractivity contribution in [1.29, 1.82) is 0 Å². The Morgan fingerprint density at radius 1 is 1.08 bits per heavy atom. The molecule has 0 aliphatic carbocycles. The maximum absolute atomic E-state index is 12.6. The zero-order chi connectivity index (χ0) is 19.2. The van der Waals surface area contributed by atoms with Crippen LogP contribution in [-0.2, 0) is 17.6 Å². The molecule has 0 aliphatic rings. The fourth-order valence-corrected chi connectivity index (χ4v) is 2.01. The molecule has 26 heavy (non-hydrogen) atoms. The van der Waals surface area contributed by atoms with Crippen molar-refractivity contribution < 1.29 is 36.3 Å². The van der Waals surface area contributed by atoms with E-state index in [1.54, 1.807) is 0 Å². The van der Waals surface area contributed by atoms with Crippen LogP contribution >= 0.6 is 0 Å². The molecule has 0 radical (unpaired) electrons. The number of benzene rings is 2. The molecule has 0 fully saturated rings. The molecule has 2 aromatic rings. The van der Waals surface area contributed by atoms with E-state index in [1.807, 2.05) is 0 Å². The van der Waals surface area contributed by atoms with Crippen LogP contribution in [0.15, 0.2) is 47.6 Å². The Kier molecular flexibility index (Phi) is 6.37. The molecule has 0 atom stereocenters. The van der Waals surface area contributed by atoms with Crippen molar-refractivity contribution in [3.05, 3.63) is 59.2 Å². The van der Waals surface area contributed by atoms with Crippen LogP contribution in [0, 0.1) is 0 Å². The molecule has 140 valence electrons. The molecular formula is C17H14F5NO3. The SMILES string of the molecule is COc1cc(C=NOCc2cccc(C(F)(F)F)c2)ccc1OC(F)F. The number of rotatable bonds is 7. The van der Waals surface area contributed by atoms with E-state index in [0.717, 1.165) is 12.1 Å². The third-order valence-corrected chi connectivity index (χ3v) is 3.17. The van der Waals surface area contributed by atoms with Gasteiger partial charge in [-0.25, -0.2) is 0 Å². The summed E-state index contributed by atoms with van der Waals surface area (Å²) in [5.41, 5.74) is -0.00956. The summed E-state index contributed by atoms with van der Waals surface area (Å²) >= 11 is 0. The molecule has 0 amide bonds. The van der Waals surface area contributed by atoms with E-state index in [2.05, 4.69) is 9.89 Å². The second-order valence-electron chi connectivity index (χ2n) is 4.99. The van der Waals surface area contributed by atoms with Gasteiger partial charge >= 0.3 is 12.8 Å². The van der Waals surface area contributed by atoms with Crippen molar-refractivity contribution in [3.8, 4) is 11.5 Å². The maximum Gasteiger partial charge on any atom is 0.416 e. The number of hydrogen-bond donors (Lipinski definition) is 0. The number of hydrogen-bond acceptors (Lipinski definition) is 4. The van der Waals surface area contributed by atoms with Crippen molar-refractivity contribution in [2.24, 2.45) is 5.16 Å². The first kappa shape index (κ1) is 19.5. The number of alkyl halides is 5. The summed E-state index contributed by atoms with van der Waals surface area (Å²) in [5, 5.41) is 3.64. The normalized spacial score (nSPS) is 11.8. The van der Waals surface area contributed by atoms with Crippen molar-refractivity contribution in [1.82, 2.24) is 0 Å². The van der Waals surface area contributed by atoms with Gasteiger partial charge in [0.15, 0.2) is 11.5 Å². The molecule has 2 rings (SSSR count). The lowest BCUT2D eigenvalue weighted by molar-refractivity contribution is -0.137. The lowest BCUT2D eigenvalue weighted by atomic mass is 10.1. The molecule has 2 aromatic carbocycles. The summed E-state index contributed by atoms with van der Waals surface area (Å²) in [6.45, 7) is -3.15. The topological polar surface area (TPSA) is 40.0 Å². The number of methoxy groups -OCH3 is 1. The van der Waals surface area contributed by atoms with E-state index in [4.69, 9.17) is 9.57 Å². The van der Waals surface area contributed by atoms with Gasteiger partial charge in [0.05, 0.1) is 18.9 Å². The molecule has 0 N–H and O–H groups in total. The lowest BCUT2D eigenvalue weighted by Gasteiger charge is -2.10. The number of ether oxygens (including phenoxy) is 2. The second-order valence-corrected chi connectivity index (χ2v) is 4.99. The molecule has 0 aromatic heterocycles. The van der Waals surface area contributed by atoms with E-state index in [-0.39, 0.29) is 18.1 Å². The van der Waals surface area contributed by atoms with Gasteiger partial charge in [0.1, 0.15) is 6.61 Å². The Morgan fingerprint density at radius 2 is 1.85 bits per heavy atom. The van der Waals surface area contributed by atoms with Crippen LogP contribution in [0.5, 0.6) is 11.5 Å². The predicted octanol–water partition coefficient (Wildman–Crippen LogP) is 4.87. The molecule has 0 spiro atoms. The van der Waals surface area contributed by atoms with Crippen LogP contribution in [0.25, 0.3) is 0 Å². The van der Waals surface area contributed by atoms with Gasteiger partial charge in [0, 0.05) is 5.56 Å². The average Bonchev–Trinajstić information content (AvgIpc) is 2.59. The zero-order valence-electron chi connectivity index (χ0n) is 13.5. The third-order valence-electron chi connectivity index (χ3n) is 3.17. The summed E-state index contributed by atoms with van der Waals surface area (Å²) in [5.74, 6) is -0.0586. The highest BCUT2D eigenvalue weighted by atomic mass is 19.4. The molecule has 0 aliphatic heterocycles. The fourth-order valence-electron chi connectivity index (χ4n) is 2.01. The molecular weight excluding hydrogens is 361 g/mol. The van der Waals surface area contributed by atoms with Crippen molar-refractivity contribution in [3.63, 3.8) is 0 Å². The largest absolute Gasteiger partial charge is 0.493 e.